The van der Waals surface area contributed by atoms with Crippen LogP contribution >= 0.6 is 0 Å². The second-order valence-electron chi connectivity index (χ2n) is 0.564. The van der Waals surface area contributed by atoms with Crippen LogP contribution in [0.15, 0.2) is 0 Å². The molecular formula is CHF3OSn. The van der Waals surface area contributed by atoms with Crippen LogP contribution < -0.4 is 0 Å². The van der Waals surface area contributed by atoms with E-state index in [1.807, 2.05) is 0 Å². The molecule has 0 saturated heterocycles. The van der Waals surface area contributed by atoms with Gasteiger partial charge in [-0.1, -0.05) is 0 Å². The van der Waals surface area contributed by atoms with Crippen LogP contribution in [-0.2, 0) is 3.07 Å². The molecule has 0 rings (SSSR count). The van der Waals surface area contributed by atoms with Crippen LogP contribution in [0.3, 0.4) is 0 Å². The first kappa shape index (κ1) is 6.55. The topological polar surface area (TPSA) is 9.23 Å². The molecule has 36 valence electrons. The van der Waals surface area contributed by atoms with E-state index in [0.717, 1.165) is 0 Å². The monoisotopic (exact) mass is 206 g/mol. The number of halogens is 3. The fourth-order valence-electron chi connectivity index (χ4n) is 0. The summed E-state index contributed by atoms with van der Waals surface area (Å²) in [4.78, 5) is 0. The third-order valence-electron chi connectivity index (χ3n) is 0.134. The van der Waals surface area contributed by atoms with E-state index >= 15 is 0 Å². The summed E-state index contributed by atoms with van der Waals surface area (Å²) in [6, 6.07) is 0. The van der Waals surface area contributed by atoms with E-state index in [9.17, 15) is 13.2 Å². The van der Waals surface area contributed by atoms with Crippen LogP contribution in [-0.4, -0.2) is 29.3 Å². The molecule has 2 radical (unpaired) electrons. The normalized spacial score (nSPS) is 12.0. The van der Waals surface area contributed by atoms with Crippen LogP contribution in [0.25, 0.3) is 0 Å². The quantitative estimate of drug-likeness (QED) is 0.518. The summed E-state index contributed by atoms with van der Waals surface area (Å²) in [6.07, 6.45) is -4.40. The van der Waals surface area contributed by atoms with E-state index in [1.54, 1.807) is 0 Å². The Morgan fingerprint density at radius 2 is 1.50 bits per heavy atom. The summed E-state index contributed by atoms with van der Waals surface area (Å²) in [5.74, 6) is 0. The van der Waals surface area contributed by atoms with E-state index in [4.69, 9.17) is 0 Å². The summed E-state index contributed by atoms with van der Waals surface area (Å²) in [7, 11) is 0. The van der Waals surface area contributed by atoms with Crippen molar-refractivity contribution in [1.82, 2.24) is 0 Å². The summed E-state index contributed by atoms with van der Waals surface area (Å²) < 4.78 is 34.9. The number of alkyl halides is 3. The summed E-state index contributed by atoms with van der Waals surface area (Å²) in [5.41, 5.74) is 0. The summed E-state index contributed by atoms with van der Waals surface area (Å²) in [5, 5.41) is 0. The Bertz CT molecular complexity index is 40.5. The standard InChI is InChI=1S/CF3O.Sn.H/c2-1(3,4)5;;/q-1;+1;. The fourth-order valence-corrected chi connectivity index (χ4v) is 0. The zero-order valence-electron chi connectivity index (χ0n) is 2.62. The number of rotatable bonds is 0. The average Bonchev–Trinajstić information content (AvgIpc) is 1.35. The van der Waals surface area contributed by atoms with Gasteiger partial charge in [-0.25, -0.2) is 0 Å². The second-order valence-corrected chi connectivity index (χ2v) is 1.24. The maximum atomic E-state index is 10.6. The SMILES string of the molecule is FC(F)(F)[O][SnH]. The Morgan fingerprint density at radius 1 is 1.33 bits per heavy atom. The van der Waals surface area contributed by atoms with E-state index in [2.05, 4.69) is 3.07 Å². The molecule has 0 amide bonds. The minimum atomic E-state index is -4.40. The van der Waals surface area contributed by atoms with Gasteiger partial charge in [-0.2, -0.15) is 0 Å². The van der Waals surface area contributed by atoms with Gasteiger partial charge >= 0.3 is 45.5 Å². The molecule has 5 heteroatoms. The molecule has 0 N–H and O–H groups in total. The fraction of sp³-hybridized carbons (Fsp3) is 1.00. The van der Waals surface area contributed by atoms with Gasteiger partial charge in [0.25, 0.3) is 0 Å². The second kappa shape index (κ2) is 2.01. The molecule has 0 aromatic heterocycles. The van der Waals surface area contributed by atoms with E-state index < -0.39 is 6.36 Å². The van der Waals surface area contributed by atoms with Gasteiger partial charge in [-0.05, 0) is 0 Å². The van der Waals surface area contributed by atoms with Gasteiger partial charge in [-0.15, -0.1) is 0 Å². The molecule has 0 aliphatic carbocycles. The Labute approximate surface area is 46.1 Å². The van der Waals surface area contributed by atoms with Gasteiger partial charge in [-0.3, -0.25) is 0 Å². The van der Waals surface area contributed by atoms with Crippen molar-refractivity contribution in [3.05, 3.63) is 0 Å². The van der Waals surface area contributed by atoms with Gasteiger partial charge in [0.05, 0.1) is 0 Å². The van der Waals surface area contributed by atoms with Crippen LogP contribution in [0.4, 0.5) is 13.2 Å². The third-order valence-corrected chi connectivity index (χ3v) is 0.896. The molecule has 1 nitrogen and oxygen atoms in total. The van der Waals surface area contributed by atoms with Gasteiger partial charge in [0.1, 0.15) is 0 Å². The third kappa shape index (κ3) is 4.55. The summed E-state index contributed by atoms with van der Waals surface area (Å²) in [6.45, 7) is 0. The first-order valence-corrected chi connectivity index (χ1v) is 2.35. The van der Waals surface area contributed by atoms with E-state index in [1.165, 1.54) is 0 Å². The molecule has 0 saturated carbocycles. The molecule has 0 aromatic carbocycles. The molecule has 6 heavy (non-hydrogen) atoms. The van der Waals surface area contributed by atoms with Crippen molar-refractivity contribution in [3.8, 4) is 0 Å². The first-order valence-electron chi connectivity index (χ1n) is 1.01. The molecular weight excluding hydrogens is 204 g/mol. The van der Waals surface area contributed by atoms with Crippen molar-refractivity contribution in [2.75, 3.05) is 0 Å². The van der Waals surface area contributed by atoms with E-state index in [-0.39, 0.29) is 22.9 Å². The Hall–Kier alpha value is 0.549. The van der Waals surface area contributed by atoms with Crippen molar-refractivity contribution in [3.63, 3.8) is 0 Å². The van der Waals surface area contributed by atoms with Crippen LogP contribution in [0.1, 0.15) is 0 Å². The summed E-state index contributed by atoms with van der Waals surface area (Å²) >= 11 is -0.222. The molecule has 0 atom stereocenters. The molecule has 0 heterocycles. The van der Waals surface area contributed by atoms with Crippen molar-refractivity contribution in [2.45, 2.75) is 6.36 Å². The van der Waals surface area contributed by atoms with Crippen LogP contribution in [0.2, 0.25) is 0 Å². The van der Waals surface area contributed by atoms with Gasteiger partial charge < -0.3 is 0 Å². The molecule has 0 aliphatic rings. The van der Waals surface area contributed by atoms with Crippen LogP contribution in [0.5, 0.6) is 0 Å². The van der Waals surface area contributed by atoms with Gasteiger partial charge in [0.15, 0.2) is 0 Å². The average molecular weight is 205 g/mol. The molecule has 0 bridgehead atoms. The van der Waals surface area contributed by atoms with Crippen molar-refractivity contribution < 1.29 is 16.2 Å². The van der Waals surface area contributed by atoms with Crippen molar-refractivity contribution >= 4 is 22.9 Å². The maximum absolute atomic E-state index is 10.6. The molecule has 0 aliphatic heterocycles. The Balaban J connectivity index is 3.17. The van der Waals surface area contributed by atoms with Crippen molar-refractivity contribution in [2.24, 2.45) is 0 Å². The predicted molar refractivity (Wildman–Crippen MR) is 14.3 cm³/mol. The molecule has 0 spiro atoms. The van der Waals surface area contributed by atoms with Crippen molar-refractivity contribution in [1.29, 1.82) is 0 Å². The molecule has 0 fully saturated rings. The van der Waals surface area contributed by atoms with Gasteiger partial charge in [0, 0.05) is 0 Å². The van der Waals surface area contributed by atoms with Crippen LogP contribution in [0, 0.1) is 0 Å². The zero-order valence-corrected chi connectivity index (χ0v) is 5.92. The predicted octanol–water partition coefficient (Wildman–Crippen LogP) is 0.339. The van der Waals surface area contributed by atoms with E-state index in [0.29, 0.717) is 0 Å². The molecule has 0 aromatic rings. The zero-order chi connectivity index (χ0) is 5.21. The minimum absolute atomic E-state index is 0.222. The molecule has 0 unspecified atom stereocenters. The van der Waals surface area contributed by atoms with Gasteiger partial charge in [0.2, 0.25) is 0 Å². The Morgan fingerprint density at radius 3 is 1.50 bits per heavy atom. The Kier molecular flexibility index (Phi) is 2.20. The first-order chi connectivity index (χ1) is 2.56. The number of hydrogen-bond acceptors (Lipinski definition) is 1. The number of hydrogen-bond donors (Lipinski definition) is 0.